The van der Waals surface area contributed by atoms with Crippen molar-refractivity contribution in [1.82, 2.24) is 0 Å². The topological polar surface area (TPSA) is 24.4 Å². The highest BCUT2D eigenvalue weighted by molar-refractivity contribution is 7.22. The monoisotopic (exact) mass is 782 g/mol. The van der Waals surface area contributed by atoms with Crippen LogP contribution in [-0.2, 0) is 5.41 Å². The van der Waals surface area contributed by atoms with E-state index in [0.717, 1.165) is 22.5 Å². The van der Waals surface area contributed by atoms with Gasteiger partial charge in [0.1, 0.15) is 6.17 Å². The standard InChI is InChI=1S/C57H38N2S/c1-5-18-37(19-6-1)39-23-17-24-41(34-39)53-55-54(47-30-15-16-31-50(47)60-55)59-56(58-53)42-32-33-46-49(36-42)57(43-25-9-3-10-26-43,44-27-11-4-12-28-44)52-45-29-14-13-22-40(45)35-48(51(46)52)38-20-7-2-8-21-38/h1-36,56,59H. The summed E-state index contributed by atoms with van der Waals surface area (Å²) in [5.74, 6) is 0. The van der Waals surface area contributed by atoms with Crippen LogP contribution in [0.2, 0.25) is 0 Å². The molecule has 1 aliphatic heterocycles. The maximum Gasteiger partial charge on any atom is 0.145 e. The first kappa shape index (κ1) is 34.7. The molecular weight excluding hydrogens is 745 g/mol. The van der Waals surface area contributed by atoms with Crippen molar-refractivity contribution in [3.63, 3.8) is 0 Å². The van der Waals surface area contributed by atoms with Crippen LogP contribution in [0.25, 0.3) is 54.2 Å². The van der Waals surface area contributed by atoms with Crippen LogP contribution in [0.5, 0.6) is 0 Å². The van der Waals surface area contributed by atoms with Crippen molar-refractivity contribution < 1.29 is 0 Å². The fourth-order valence-electron chi connectivity index (χ4n) is 9.95. The van der Waals surface area contributed by atoms with Gasteiger partial charge in [-0.3, -0.25) is 4.99 Å². The zero-order valence-corrected chi connectivity index (χ0v) is 33.5. The number of thiophene rings is 1. The Morgan fingerprint density at radius 1 is 0.467 bits per heavy atom. The van der Waals surface area contributed by atoms with Gasteiger partial charge in [-0.15, -0.1) is 11.3 Å². The molecule has 0 fully saturated rings. The number of rotatable bonds is 6. The fraction of sp³-hybridized carbons (Fsp3) is 0.0351. The van der Waals surface area contributed by atoms with E-state index in [-0.39, 0.29) is 6.17 Å². The molecule has 1 atom stereocenters. The van der Waals surface area contributed by atoms with Gasteiger partial charge in [0.15, 0.2) is 0 Å². The first-order chi connectivity index (χ1) is 29.8. The molecule has 0 spiro atoms. The summed E-state index contributed by atoms with van der Waals surface area (Å²) in [5.41, 5.74) is 16.3. The highest BCUT2D eigenvalue weighted by atomic mass is 32.1. The van der Waals surface area contributed by atoms with Crippen LogP contribution < -0.4 is 5.32 Å². The molecule has 0 bridgehead atoms. The van der Waals surface area contributed by atoms with E-state index in [2.05, 4.69) is 224 Å². The molecule has 2 heterocycles. The Morgan fingerprint density at radius 2 is 1.07 bits per heavy atom. The molecule has 1 aliphatic carbocycles. The van der Waals surface area contributed by atoms with Gasteiger partial charge in [0.05, 0.1) is 21.7 Å². The third-order valence-electron chi connectivity index (χ3n) is 12.5. The highest BCUT2D eigenvalue weighted by Crippen LogP contribution is 2.61. The van der Waals surface area contributed by atoms with E-state index in [1.807, 2.05) is 11.3 Å². The molecule has 9 aromatic carbocycles. The third kappa shape index (κ3) is 5.29. The van der Waals surface area contributed by atoms with Crippen LogP contribution in [0.1, 0.15) is 44.4 Å². The molecule has 0 saturated carbocycles. The summed E-state index contributed by atoms with van der Waals surface area (Å²) in [6.07, 6.45) is -0.325. The Hall–Kier alpha value is -7.33. The van der Waals surface area contributed by atoms with E-state index in [1.165, 1.54) is 81.4 Å². The Balaban J connectivity index is 1.14. The zero-order chi connectivity index (χ0) is 39.6. The number of nitrogens with zero attached hydrogens (tertiary/aromatic N) is 1. The van der Waals surface area contributed by atoms with Gasteiger partial charge in [0.25, 0.3) is 0 Å². The number of anilines is 1. The van der Waals surface area contributed by atoms with Crippen LogP contribution in [0, 0.1) is 0 Å². The number of hydrogen-bond donors (Lipinski definition) is 1. The normalized spacial score (nSPS) is 14.9. The molecule has 0 radical (unpaired) electrons. The van der Waals surface area contributed by atoms with Gasteiger partial charge in [0, 0.05) is 15.6 Å². The van der Waals surface area contributed by atoms with Gasteiger partial charge in [-0.2, -0.15) is 0 Å². The number of aliphatic imine (C=N–C) groups is 1. The second-order valence-corrected chi connectivity index (χ2v) is 16.9. The average molecular weight is 783 g/mol. The molecule has 3 heteroatoms. The van der Waals surface area contributed by atoms with E-state index in [1.54, 1.807) is 0 Å². The van der Waals surface area contributed by atoms with E-state index < -0.39 is 5.41 Å². The molecule has 2 nitrogen and oxygen atoms in total. The molecule has 1 N–H and O–H groups in total. The number of benzene rings is 9. The molecule has 60 heavy (non-hydrogen) atoms. The highest BCUT2D eigenvalue weighted by Gasteiger charge is 2.48. The van der Waals surface area contributed by atoms with Crippen molar-refractivity contribution in [2.75, 3.05) is 5.32 Å². The summed E-state index contributed by atoms with van der Waals surface area (Å²) in [4.78, 5) is 6.87. The van der Waals surface area contributed by atoms with Crippen molar-refractivity contribution in [2.45, 2.75) is 11.6 Å². The van der Waals surface area contributed by atoms with Crippen molar-refractivity contribution in [2.24, 2.45) is 4.99 Å². The van der Waals surface area contributed by atoms with Crippen LogP contribution >= 0.6 is 11.3 Å². The minimum Gasteiger partial charge on any atom is -0.358 e. The van der Waals surface area contributed by atoms with E-state index >= 15 is 0 Å². The number of fused-ring (bicyclic) bond motifs is 8. The molecule has 1 aromatic heterocycles. The lowest BCUT2D eigenvalue weighted by Gasteiger charge is -2.35. The summed E-state index contributed by atoms with van der Waals surface area (Å²) in [6.45, 7) is 0. The number of nitrogens with one attached hydrogen (secondary N) is 1. The maximum atomic E-state index is 5.69. The summed E-state index contributed by atoms with van der Waals surface area (Å²) in [5, 5.41) is 7.72. The van der Waals surface area contributed by atoms with Crippen LogP contribution in [0.3, 0.4) is 0 Å². The lowest BCUT2D eigenvalue weighted by Crippen LogP contribution is -2.29. The van der Waals surface area contributed by atoms with Crippen LogP contribution in [-0.4, -0.2) is 5.71 Å². The SMILES string of the molecule is c1ccc(-c2cccc(C3=NC(c4ccc5c(c4)C(c4ccccc4)(c4ccccc4)c4c-5c(-c5ccccc5)cc5ccccc45)Nc4c3sc3ccccc43)c2)cc1. The minimum atomic E-state index is -0.612. The van der Waals surface area contributed by atoms with Crippen LogP contribution in [0.4, 0.5) is 5.69 Å². The predicted octanol–water partition coefficient (Wildman–Crippen LogP) is 14.7. The Morgan fingerprint density at radius 3 is 1.80 bits per heavy atom. The molecule has 0 amide bonds. The van der Waals surface area contributed by atoms with E-state index in [4.69, 9.17) is 4.99 Å². The Kier molecular flexibility index (Phi) is 8.04. The quantitative estimate of drug-likeness (QED) is 0.178. The van der Waals surface area contributed by atoms with E-state index in [9.17, 15) is 0 Å². The summed E-state index contributed by atoms with van der Waals surface area (Å²) in [6, 6.07) is 80.0. The van der Waals surface area contributed by atoms with Crippen molar-refractivity contribution in [1.29, 1.82) is 0 Å². The fourth-order valence-corrected chi connectivity index (χ4v) is 11.1. The van der Waals surface area contributed by atoms with Gasteiger partial charge < -0.3 is 5.32 Å². The second-order valence-electron chi connectivity index (χ2n) is 15.8. The van der Waals surface area contributed by atoms with Crippen LogP contribution in [0.15, 0.2) is 223 Å². The minimum absolute atomic E-state index is 0.325. The summed E-state index contributed by atoms with van der Waals surface area (Å²) in [7, 11) is 0. The molecule has 282 valence electrons. The third-order valence-corrected chi connectivity index (χ3v) is 13.7. The van der Waals surface area contributed by atoms with Crippen molar-refractivity contribution >= 4 is 43.6 Å². The molecule has 10 aromatic rings. The Labute approximate surface area is 353 Å². The molecule has 1 unspecified atom stereocenters. The largest absolute Gasteiger partial charge is 0.358 e. The van der Waals surface area contributed by atoms with Crippen molar-refractivity contribution in [3.05, 3.63) is 257 Å². The van der Waals surface area contributed by atoms with Crippen molar-refractivity contribution in [3.8, 4) is 33.4 Å². The maximum absolute atomic E-state index is 5.69. The van der Waals surface area contributed by atoms with Gasteiger partial charge in [0.2, 0.25) is 0 Å². The van der Waals surface area contributed by atoms with Gasteiger partial charge in [-0.05, 0) is 96.2 Å². The van der Waals surface area contributed by atoms with Gasteiger partial charge in [-0.1, -0.05) is 194 Å². The second kappa shape index (κ2) is 13.9. The molecule has 12 rings (SSSR count). The smallest absolute Gasteiger partial charge is 0.145 e. The van der Waals surface area contributed by atoms with Gasteiger partial charge >= 0.3 is 0 Å². The summed E-state index contributed by atoms with van der Waals surface area (Å²) < 4.78 is 1.25. The average Bonchev–Trinajstić information content (AvgIpc) is 3.86. The summed E-state index contributed by atoms with van der Waals surface area (Å²) >= 11 is 1.81. The van der Waals surface area contributed by atoms with Gasteiger partial charge in [-0.25, -0.2) is 0 Å². The lowest BCUT2D eigenvalue weighted by atomic mass is 9.66. The molecule has 0 saturated heterocycles. The first-order valence-corrected chi connectivity index (χ1v) is 21.5. The molecular formula is C57H38N2S. The lowest BCUT2D eigenvalue weighted by molar-refractivity contribution is 0.765. The molecule has 2 aliphatic rings. The first-order valence-electron chi connectivity index (χ1n) is 20.7. The zero-order valence-electron chi connectivity index (χ0n) is 32.7. The number of hydrogen-bond acceptors (Lipinski definition) is 3. The van der Waals surface area contributed by atoms with E-state index in [0.29, 0.717) is 0 Å². The Bertz CT molecular complexity index is 3240. The predicted molar refractivity (Wildman–Crippen MR) is 252 cm³/mol.